The van der Waals surface area contributed by atoms with Crippen LogP contribution in [0, 0.1) is 0 Å². The minimum Gasteiger partial charge on any atom is -0.326 e. The third-order valence-electron chi connectivity index (χ3n) is 3.19. The molecule has 1 aromatic rings. The zero-order valence-electron chi connectivity index (χ0n) is 10.9. The number of rotatable bonds is 3. The van der Waals surface area contributed by atoms with E-state index in [0.717, 1.165) is 18.3 Å². The van der Waals surface area contributed by atoms with Gasteiger partial charge < -0.3 is 4.90 Å². The number of hydrogen-bond donors (Lipinski definition) is 1. The predicted molar refractivity (Wildman–Crippen MR) is 66.0 cm³/mol. The Balaban J connectivity index is 2.18. The zero-order valence-corrected chi connectivity index (χ0v) is 11.7. The lowest BCUT2D eigenvalue weighted by molar-refractivity contribution is -0.199. The molecule has 2 heterocycles. The minimum atomic E-state index is -4.46. The van der Waals surface area contributed by atoms with Gasteiger partial charge in [0.25, 0.3) is 15.9 Å². The fourth-order valence-electron chi connectivity index (χ4n) is 1.91. The Labute approximate surface area is 119 Å². The third-order valence-corrected chi connectivity index (χ3v) is 4.52. The molecule has 2 rings (SSSR count). The molecule has 0 aromatic carbocycles. The largest absolute Gasteiger partial charge is 0.408 e. The molecule has 0 saturated carbocycles. The first-order chi connectivity index (χ1) is 9.66. The van der Waals surface area contributed by atoms with Gasteiger partial charge in [-0.3, -0.25) is 4.79 Å². The molecule has 1 saturated heterocycles. The van der Waals surface area contributed by atoms with Crippen LogP contribution in [0.2, 0.25) is 0 Å². The molecule has 1 atom stereocenters. The maximum absolute atomic E-state index is 12.6. The molecule has 0 aliphatic carbocycles. The first kappa shape index (κ1) is 15.7. The summed E-state index contributed by atoms with van der Waals surface area (Å²) in [7, 11) is -2.55. The van der Waals surface area contributed by atoms with Gasteiger partial charge in [0.05, 0.1) is 5.56 Å². The molecule has 1 aliphatic rings. The van der Waals surface area contributed by atoms with Gasteiger partial charge in [0.2, 0.25) is 0 Å². The van der Waals surface area contributed by atoms with Crippen molar-refractivity contribution in [1.82, 2.24) is 14.6 Å². The Kier molecular flexibility index (Phi) is 3.93. The van der Waals surface area contributed by atoms with E-state index in [1.165, 1.54) is 7.05 Å². The fraction of sp³-hybridized carbons (Fsp3) is 0.455. The number of aromatic nitrogens is 1. The lowest BCUT2D eigenvalue weighted by Gasteiger charge is -2.41. The molecule has 0 radical (unpaired) electrons. The van der Waals surface area contributed by atoms with E-state index in [2.05, 4.69) is 4.98 Å². The first-order valence-electron chi connectivity index (χ1n) is 5.94. The Morgan fingerprint density at radius 2 is 2.10 bits per heavy atom. The number of carbonyl (C=O) groups is 1. The maximum atomic E-state index is 12.6. The van der Waals surface area contributed by atoms with Crippen LogP contribution in [-0.2, 0) is 10.0 Å². The SMILES string of the molecule is CNS(=O)(=O)c1ccc(C(=O)N2CCC2C(F)(F)F)cn1. The number of pyridine rings is 1. The van der Waals surface area contributed by atoms with Crippen LogP contribution in [0.5, 0.6) is 0 Å². The van der Waals surface area contributed by atoms with E-state index in [1.807, 2.05) is 4.72 Å². The van der Waals surface area contributed by atoms with E-state index in [1.54, 1.807) is 0 Å². The smallest absolute Gasteiger partial charge is 0.326 e. The van der Waals surface area contributed by atoms with E-state index >= 15 is 0 Å². The fourth-order valence-corrected chi connectivity index (χ4v) is 2.55. The molecule has 1 fully saturated rings. The molecule has 10 heteroatoms. The summed E-state index contributed by atoms with van der Waals surface area (Å²) in [5, 5.41) is -0.308. The van der Waals surface area contributed by atoms with Crippen LogP contribution in [0.3, 0.4) is 0 Å². The summed E-state index contributed by atoms with van der Waals surface area (Å²) in [5.41, 5.74) is -0.0843. The molecule has 1 unspecified atom stereocenters. The maximum Gasteiger partial charge on any atom is 0.408 e. The van der Waals surface area contributed by atoms with Gasteiger partial charge in [-0.05, 0) is 25.6 Å². The van der Waals surface area contributed by atoms with Gasteiger partial charge in [0.15, 0.2) is 5.03 Å². The second kappa shape index (κ2) is 5.26. The molecular formula is C11H12F3N3O3S. The molecular weight excluding hydrogens is 311 g/mol. The van der Waals surface area contributed by atoms with E-state index < -0.39 is 28.1 Å². The standard InChI is InChI=1S/C11H12F3N3O3S/c1-15-21(19,20)9-3-2-7(6-16-9)10(18)17-5-4-8(17)11(12,13)14/h2-3,6,8,15H,4-5H2,1H3. The molecule has 0 bridgehead atoms. The van der Waals surface area contributed by atoms with Gasteiger partial charge in [-0.2, -0.15) is 13.2 Å². The molecule has 1 N–H and O–H groups in total. The van der Waals surface area contributed by atoms with Crippen molar-refractivity contribution in [2.45, 2.75) is 23.7 Å². The van der Waals surface area contributed by atoms with Crippen molar-refractivity contribution in [3.8, 4) is 0 Å². The summed E-state index contributed by atoms with van der Waals surface area (Å²) in [6.45, 7) is 0.0135. The highest BCUT2D eigenvalue weighted by atomic mass is 32.2. The average Bonchev–Trinajstić information content (AvgIpc) is 2.35. The van der Waals surface area contributed by atoms with Crippen LogP contribution < -0.4 is 4.72 Å². The minimum absolute atomic E-state index is 0.0135. The van der Waals surface area contributed by atoms with Crippen LogP contribution in [-0.4, -0.2) is 50.0 Å². The average molecular weight is 323 g/mol. The first-order valence-corrected chi connectivity index (χ1v) is 7.42. The molecule has 116 valence electrons. The van der Waals surface area contributed by atoms with Gasteiger partial charge in [-0.1, -0.05) is 0 Å². The summed E-state index contributed by atoms with van der Waals surface area (Å²) in [6.07, 6.45) is -3.63. The number of alkyl halides is 3. The number of carbonyl (C=O) groups excluding carboxylic acids is 1. The van der Waals surface area contributed by atoms with Gasteiger partial charge >= 0.3 is 6.18 Å². The summed E-state index contributed by atoms with van der Waals surface area (Å²) in [6, 6.07) is 0.429. The third kappa shape index (κ3) is 3.00. The molecule has 0 spiro atoms. The van der Waals surface area contributed by atoms with Gasteiger partial charge in [-0.25, -0.2) is 18.1 Å². The van der Waals surface area contributed by atoms with Crippen LogP contribution in [0.4, 0.5) is 13.2 Å². The van der Waals surface area contributed by atoms with Crippen LogP contribution in [0.1, 0.15) is 16.8 Å². The van der Waals surface area contributed by atoms with Crippen molar-refractivity contribution in [1.29, 1.82) is 0 Å². The summed E-state index contributed by atoms with van der Waals surface area (Å²) in [5.74, 6) is -0.815. The number of amides is 1. The molecule has 1 amide bonds. The van der Waals surface area contributed by atoms with Crippen molar-refractivity contribution >= 4 is 15.9 Å². The molecule has 1 aromatic heterocycles. The van der Waals surface area contributed by atoms with Crippen molar-refractivity contribution in [3.05, 3.63) is 23.9 Å². The lowest BCUT2D eigenvalue weighted by atomic mass is 10.0. The Morgan fingerprint density at radius 3 is 2.48 bits per heavy atom. The number of likely N-dealkylation sites (tertiary alicyclic amines) is 1. The van der Waals surface area contributed by atoms with Crippen molar-refractivity contribution < 1.29 is 26.4 Å². The van der Waals surface area contributed by atoms with Crippen LogP contribution in [0.15, 0.2) is 23.4 Å². The summed E-state index contributed by atoms with van der Waals surface area (Å²) in [4.78, 5) is 16.2. The normalized spacial score (nSPS) is 19.2. The van der Waals surface area contributed by atoms with Gasteiger partial charge in [0.1, 0.15) is 6.04 Å². The topological polar surface area (TPSA) is 79.4 Å². The molecule has 21 heavy (non-hydrogen) atoms. The molecule has 1 aliphatic heterocycles. The number of halogens is 3. The quantitative estimate of drug-likeness (QED) is 0.891. The van der Waals surface area contributed by atoms with Crippen LogP contribution in [0.25, 0.3) is 0 Å². The number of hydrogen-bond acceptors (Lipinski definition) is 4. The highest BCUT2D eigenvalue weighted by Crippen LogP contribution is 2.34. The van der Waals surface area contributed by atoms with Gasteiger partial charge in [0, 0.05) is 12.7 Å². The van der Waals surface area contributed by atoms with Crippen molar-refractivity contribution in [3.63, 3.8) is 0 Å². The second-order valence-corrected chi connectivity index (χ2v) is 6.27. The monoisotopic (exact) mass is 323 g/mol. The van der Waals surface area contributed by atoms with E-state index in [9.17, 15) is 26.4 Å². The summed E-state index contributed by atoms with van der Waals surface area (Å²) < 4.78 is 62.7. The van der Waals surface area contributed by atoms with Crippen molar-refractivity contribution in [2.75, 3.05) is 13.6 Å². The predicted octanol–water partition coefficient (Wildman–Crippen LogP) is 0.766. The number of nitrogens with one attached hydrogen (secondary N) is 1. The summed E-state index contributed by atoms with van der Waals surface area (Å²) >= 11 is 0. The highest BCUT2D eigenvalue weighted by Gasteiger charge is 2.50. The Bertz CT molecular complexity index is 643. The molecule has 6 nitrogen and oxygen atoms in total. The van der Waals surface area contributed by atoms with Gasteiger partial charge in [-0.15, -0.1) is 0 Å². The number of nitrogens with zero attached hydrogens (tertiary/aromatic N) is 2. The second-order valence-electron chi connectivity index (χ2n) is 4.44. The van der Waals surface area contributed by atoms with Crippen molar-refractivity contribution in [2.24, 2.45) is 0 Å². The highest BCUT2D eigenvalue weighted by molar-refractivity contribution is 7.89. The van der Waals surface area contributed by atoms with E-state index in [0.29, 0.717) is 4.90 Å². The zero-order chi connectivity index (χ0) is 15.8. The Morgan fingerprint density at radius 1 is 1.43 bits per heavy atom. The number of sulfonamides is 1. The Hall–Kier alpha value is -1.68. The van der Waals surface area contributed by atoms with Crippen LogP contribution >= 0.6 is 0 Å². The van der Waals surface area contributed by atoms with E-state index in [4.69, 9.17) is 0 Å². The van der Waals surface area contributed by atoms with E-state index in [-0.39, 0.29) is 23.6 Å². The lowest BCUT2D eigenvalue weighted by Crippen LogP contribution is -2.58.